The van der Waals surface area contributed by atoms with Crippen LogP contribution in [0.5, 0.6) is 0 Å². The first-order chi connectivity index (χ1) is 19.5. The van der Waals surface area contributed by atoms with Gasteiger partial charge in [0.1, 0.15) is 0 Å². The summed E-state index contributed by atoms with van der Waals surface area (Å²) >= 11 is 0. The van der Waals surface area contributed by atoms with Crippen molar-refractivity contribution in [2.45, 2.75) is 36.5 Å². The second kappa shape index (κ2) is 24.6. The lowest BCUT2D eigenvalue weighted by Gasteiger charge is -2.19. The first-order valence-electron chi connectivity index (χ1n) is 12.1. The maximum atomic E-state index is 11.4. The average molecular weight is 716 g/mol. The van der Waals surface area contributed by atoms with E-state index in [1.54, 1.807) is 7.11 Å². The quantitative estimate of drug-likeness (QED) is 0.0469. The Balaban J connectivity index is -0.000000623. The molecule has 1 amide bonds. The van der Waals surface area contributed by atoms with Crippen LogP contribution in [0.4, 0.5) is 0 Å². The predicted octanol–water partition coefficient (Wildman–Crippen LogP) is -1.63. The lowest BCUT2D eigenvalue weighted by molar-refractivity contribution is -0.137. The van der Waals surface area contributed by atoms with Gasteiger partial charge in [0.15, 0.2) is 10.8 Å². The number of carboxylic acid groups (broad SMARTS) is 1. The molecule has 0 heterocycles. The summed E-state index contributed by atoms with van der Waals surface area (Å²) in [6, 6.07) is 0. The van der Waals surface area contributed by atoms with Gasteiger partial charge in [-0.3, -0.25) is 27.8 Å². The second-order valence-corrected chi connectivity index (χ2v) is 16.2. The van der Waals surface area contributed by atoms with Crippen LogP contribution in [0.2, 0.25) is 0 Å². The van der Waals surface area contributed by atoms with Gasteiger partial charge in [0.2, 0.25) is 5.91 Å². The minimum absolute atomic E-state index is 0.180. The lowest BCUT2D eigenvalue weighted by Crippen LogP contribution is -2.28. The van der Waals surface area contributed by atoms with Crippen molar-refractivity contribution in [1.29, 1.82) is 0 Å². The van der Waals surface area contributed by atoms with Crippen LogP contribution in [-0.4, -0.2) is 134 Å². The number of hydrogen-bond acceptors (Lipinski definition) is 11. The van der Waals surface area contributed by atoms with E-state index in [0.717, 1.165) is 0 Å². The molecular weight excluding hydrogens is 672 g/mol. The fraction of sp³-hybridized carbons (Fsp3) is 0.889. The zero-order chi connectivity index (χ0) is 34.3. The normalized spacial score (nSPS) is 12.3. The molecule has 0 radical (unpaired) electrons. The summed E-state index contributed by atoms with van der Waals surface area (Å²) < 4.78 is 62.7. The Morgan fingerprint density at radius 1 is 0.651 bits per heavy atom. The van der Waals surface area contributed by atoms with E-state index in [9.17, 15) is 27.8 Å². The van der Waals surface area contributed by atoms with Crippen molar-refractivity contribution in [2.75, 3.05) is 67.0 Å². The summed E-state index contributed by atoms with van der Waals surface area (Å²) in [5, 5.41) is 6.21. The summed E-state index contributed by atoms with van der Waals surface area (Å²) in [4.78, 5) is 91.2. The second-order valence-electron chi connectivity index (χ2n) is 8.14. The highest BCUT2D eigenvalue weighted by atomic mass is 31.2. The number of nitrogens with one attached hydrogen (secondary N) is 1. The highest BCUT2D eigenvalue weighted by Crippen LogP contribution is 2.62. The van der Waals surface area contributed by atoms with Gasteiger partial charge < -0.3 is 74.3 Å². The van der Waals surface area contributed by atoms with Crippen molar-refractivity contribution in [3.8, 4) is 0 Å². The molecule has 0 aromatic heterocycles. The zero-order valence-electron chi connectivity index (χ0n) is 23.6. The Hall–Kier alpha value is -0.660. The van der Waals surface area contributed by atoms with Gasteiger partial charge >= 0.3 is 36.4 Å². The molecule has 21 nitrogen and oxygen atoms in total. The number of hydrogen-bond donors (Lipinski definition) is 11. The van der Waals surface area contributed by atoms with Crippen LogP contribution in [0.15, 0.2) is 0 Å². The fourth-order valence-electron chi connectivity index (χ4n) is 2.50. The standard InChI is InChI=1S/C9H21NO9P2.C5H13NO2.C4H10O8P2/c1-18-6-7-19-5-4-10-8(11)2-3-9(20(12,13)14)21(15,16)17;1-7-4-5-8-3-2-6;5-3(6)1-2-4(13(7,8)9)14(10,11)12/h9H,2-7H2,1H3,(H,10,11)(H2,12,13,14)(H2,15,16,17);2-6H2,1H3;4H,1-2H2,(H,5,6)(H2,7,8,9)(H2,10,11,12). The van der Waals surface area contributed by atoms with Crippen LogP contribution in [-0.2, 0) is 46.8 Å². The molecule has 12 N–H and O–H groups in total. The SMILES string of the molecule is COCCOCCN.COCCOCCNC(=O)CCC(P(=O)(O)O)P(=O)(O)O.O=C(O)CCC(P(=O)(O)O)P(=O)(O)O. The summed E-state index contributed by atoms with van der Waals surface area (Å²) in [6.45, 7) is 3.71. The Morgan fingerprint density at radius 3 is 1.35 bits per heavy atom. The monoisotopic (exact) mass is 716 g/mol. The number of amides is 1. The number of nitrogens with two attached hydrogens (primary N) is 1. The molecule has 0 fully saturated rings. The van der Waals surface area contributed by atoms with Gasteiger partial charge in [-0.2, -0.15) is 0 Å². The van der Waals surface area contributed by atoms with Crippen molar-refractivity contribution in [3.63, 3.8) is 0 Å². The summed E-state index contributed by atoms with van der Waals surface area (Å²) in [5.41, 5.74) is 5.14. The molecule has 0 saturated heterocycles. The van der Waals surface area contributed by atoms with Crippen molar-refractivity contribution >= 4 is 42.3 Å². The number of rotatable bonds is 21. The van der Waals surface area contributed by atoms with Crippen LogP contribution >= 0.6 is 30.4 Å². The summed E-state index contributed by atoms with van der Waals surface area (Å²) in [6.07, 6.45) is -2.48. The Kier molecular flexibility index (Phi) is 26.7. The van der Waals surface area contributed by atoms with Crippen molar-refractivity contribution in [2.24, 2.45) is 5.73 Å². The minimum atomic E-state index is -4.98. The lowest BCUT2D eigenvalue weighted by atomic mass is 10.3. The van der Waals surface area contributed by atoms with Crippen LogP contribution in [0.1, 0.15) is 25.7 Å². The predicted molar refractivity (Wildman–Crippen MR) is 149 cm³/mol. The van der Waals surface area contributed by atoms with Crippen LogP contribution in [0.3, 0.4) is 0 Å². The van der Waals surface area contributed by atoms with Gasteiger partial charge in [0.05, 0.1) is 39.6 Å². The largest absolute Gasteiger partial charge is 0.481 e. The Labute approximate surface area is 248 Å². The third-order valence-corrected chi connectivity index (χ3v) is 12.2. The molecule has 260 valence electrons. The van der Waals surface area contributed by atoms with E-state index in [4.69, 9.17) is 68.9 Å². The van der Waals surface area contributed by atoms with Gasteiger partial charge in [-0.1, -0.05) is 0 Å². The van der Waals surface area contributed by atoms with Gasteiger partial charge in [-0.05, 0) is 12.8 Å². The molecule has 0 spiro atoms. The molecule has 0 aromatic rings. The molecule has 0 bridgehead atoms. The molecule has 0 aromatic carbocycles. The smallest absolute Gasteiger partial charge is 0.340 e. The van der Waals surface area contributed by atoms with Crippen molar-refractivity contribution in [1.82, 2.24) is 5.32 Å². The van der Waals surface area contributed by atoms with Gasteiger partial charge in [-0.25, -0.2) is 0 Å². The van der Waals surface area contributed by atoms with Crippen LogP contribution < -0.4 is 11.1 Å². The number of carboxylic acids is 1. The molecule has 0 saturated carbocycles. The zero-order valence-corrected chi connectivity index (χ0v) is 27.2. The average Bonchev–Trinajstić information content (AvgIpc) is 2.81. The molecule has 0 aliphatic rings. The molecule has 0 atom stereocenters. The first kappa shape index (κ1) is 46.8. The topological polar surface area (TPSA) is 359 Å². The Morgan fingerprint density at radius 2 is 1.02 bits per heavy atom. The van der Waals surface area contributed by atoms with E-state index < -0.39 is 78.7 Å². The van der Waals surface area contributed by atoms with E-state index >= 15 is 0 Å². The minimum Gasteiger partial charge on any atom is -0.481 e. The molecule has 0 aliphatic heterocycles. The fourth-order valence-corrected chi connectivity index (χ4v) is 7.50. The van der Waals surface area contributed by atoms with E-state index in [-0.39, 0.29) is 13.2 Å². The highest BCUT2D eigenvalue weighted by Gasteiger charge is 2.43. The molecule has 0 unspecified atom stereocenters. The summed E-state index contributed by atoms with van der Waals surface area (Å²) in [7, 11) is -16.8. The molecule has 25 heteroatoms. The van der Waals surface area contributed by atoms with Crippen LogP contribution in [0.25, 0.3) is 0 Å². The number of carbonyl (C=O) groups is 2. The maximum absolute atomic E-state index is 11.4. The number of carbonyl (C=O) groups excluding carboxylic acids is 1. The van der Waals surface area contributed by atoms with Crippen molar-refractivity contribution < 1.29 is 91.1 Å². The van der Waals surface area contributed by atoms with Gasteiger partial charge in [-0.15, -0.1) is 0 Å². The van der Waals surface area contributed by atoms with Gasteiger partial charge in [0, 0.05) is 40.2 Å². The summed E-state index contributed by atoms with van der Waals surface area (Å²) in [5.74, 6) is -1.95. The van der Waals surface area contributed by atoms with Crippen molar-refractivity contribution in [3.05, 3.63) is 0 Å². The van der Waals surface area contributed by atoms with Gasteiger partial charge in [0.25, 0.3) is 0 Å². The molecular formula is C18H44N2O19P4. The highest BCUT2D eigenvalue weighted by molar-refractivity contribution is 7.71. The number of aliphatic carboxylic acids is 1. The van der Waals surface area contributed by atoms with Crippen LogP contribution in [0, 0.1) is 0 Å². The van der Waals surface area contributed by atoms with E-state index in [2.05, 4.69) is 5.32 Å². The van der Waals surface area contributed by atoms with E-state index in [0.29, 0.717) is 39.6 Å². The molecule has 0 rings (SSSR count). The Bertz CT molecular complexity index is 896. The number of ether oxygens (including phenoxy) is 4. The third-order valence-electron chi connectivity index (χ3n) is 4.49. The molecule has 0 aliphatic carbocycles. The maximum Gasteiger partial charge on any atom is 0.340 e. The number of methoxy groups -OCH3 is 2. The first-order valence-corrected chi connectivity index (χ1v) is 18.8. The van der Waals surface area contributed by atoms with E-state index in [1.807, 2.05) is 0 Å². The van der Waals surface area contributed by atoms with E-state index in [1.165, 1.54) is 7.11 Å². The molecule has 43 heavy (non-hydrogen) atoms. The third kappa shape index (κ3) is 29.8.